The number of nitrogens with one attached hydrogen (secondary N) is 1. The number of carbonyl (C=O) groups is 2. The first-order valence-corrected chi connectivity index (χ1v) is 16.8. The zero-order valence-corrected chi connectivity index (χ0v) is 27.0. The molecule has 0 fully saturated rings. The Labute approximate surface area is 266 Å². The number of benzene rings is 4. The molecule has 0 bridgehead atoms. The summed E-state index contributed by atoms with van der Waals surface area (Å²) in [6.07, 6.45) is 1.33. The second-order valence-corrected chi connectivity index (χ2v) is 13.3. The Hall–Kier alpha value is -4.63. The molecule has 0 aromatic heterocycles. The van der Waals surface area contributed by atoms with Crippen molar-refractivity contribution in [1.29, 1.82) is 0 Å². The van der Waals surface area contributed by atoms with Gasteiger partial charge in [-0.15, -0.1) is 0 Å². The fraction of sp³-hybridized carbons (Fsp3) is 0.278. The number of aryl methyl sites for hydroxylation is 1. The van der Waals surface area contributed by atoms with Crippen molar-refractivity contribution >= 4 is 27.5 Å². The Morgan fingerprint density at radius 3 is 1.91 bits per heavy atom. The average molecular weight is 628 g/mol. The maximum Gasteiger partial charge on any atom is 0.244 e. The summed E-state index contributed by atoms with van der Waals surface area (Å²) in [5, 5.41) is 2.96. The van der Waals surface area contributed by atoms with Crippen molar-refractivity contribution in [2.24, 2.45) is 0 Å². The molecule has 0 heterocycles. The first kappa shape index (κ1) is 33.3. The summed E-state index contributed by atoms with van der Waals surface area (Å²) in [6.45, 7) is 5.72. The van der Waals surface area contributed by atoms with Gasteiger partial charge in [0.15, 0.2) is 0 Å². The molecule has 4 rings (SSSR count). The minimum atomic E-state index is -3.87. The largest absolute Gasteiger partial charge is 0.489 e. The van der Waals surface area contributed by atoms with Gasteiger partial charge in [0.25, 0.3) is 0 Å². The van der Waals surface area contributed by atoms with Crippen LogP contribution in [0.3, 0.4) is 0 Å². The Morgan fingerprint density at radius 2 is 1.36 bits per heavy atom. The van der Waals surface area contributed by atoms with Gasteiger partial charge in [0.2, 0.25) is 21.8 Å². The summed E-state index contributed by atoms with van der Waals surface area (Å²) >= 11 is 0. The van der Waals surface area contributed by atoms with E-state index in [1.165, 1.54) is 4.90 Å². The van der Waals surface area contributed by atoms with Crippen LogP contribution in [0.1, 0.15) is 36.1 Å². The minimum absolute atomic E-state index is 0.131. The summed E-state index contributed by atoms with van der Waals surface area (Å²) in [7, 11) is -3.87. The molecule has 8 nitrogen and oxygen atoms in total. The third-order valence-electron chi connectivity index (χ3n) is 7.23. The van der Waals surface area contributed by atoms with Crippen molar-refractivity contribution in [3.8, 4) is 5.75 Å². The Kier molecular flexibility index (Phi) is 11.4. The van der Waals surface area contributed by atoms with Crippen LogP contribution in [0.25, 0.3) is 0 Å². The molecular formula is C36H41N3O5S. The molecule has 0 spiro atoms. The smallest absolute Gasteiger partial charge is 0.244 e. The number of hydrogen-bond acceptors (Lipinski definition) is 5. The molecule has 9 heteroatoms. The van der Waals surface area contributed by atoms with E-state index in [-0.39, 0.29) is 24.9 Å². The van der Waals surface area contributed by atoms with Gasteiger partial charge in [-0.1, -0.05) is 90.5 Å². The summed E-state index contributed by atoms with van der Waals surface area (Å²) < 4.78 is 33.1. The second-order valence-electron chi connectivity index (χ2n) is 11.4. The van der Waals surface area contributed by atoms with Crippen LogP contribution in [0, 0.1) is 6.92 Å². The van der Waals surface area contributed by atoms with Crippen LogP contribution in [0.2, 0.25) is 0 Å². The lowest BCUT2D eigenvalue weighted by molar-refractivity contribution is -0.140. The lowest BCUT2D eigenvalue weighted by Gasteiger charge is -2.34. The first-order chi connectivity index (χ1) is 21.5. The van der Waals surface area contributed by atoms with Crippen LogP contribution < -0.4 is 14.4 Å². The molecule has 0 saturated heterocycles. The lowest BCUT2D eigenvalue weighted by Crippen LogP contribution is -2.54. The molecule has 236 valence electrons. The molecule has 1 N–H and O–H groups in total. The standard InChI is InChI=1S/C36H41N3O5S/c1-27(2)37-36(41)34(23-29-11-7-5-8-12-29)38(24-30-17-15-28(3)16-18-30)35(40)25-39(45(4,42)43)32-19-21-33(22-20-32)44-26-31-13-9-6-10-14-31/h5-22,27,34H,23-26H2,1-4H3,(H,37,41). The molecule has 2 amide bonds. The van der Waals surface area contributed by atoms with Gasteiger partial charge in [-0.3, -0.25) is 13.9 Å². The Bertz CT molecular complexity index is 1640. The quantitative estimate of drug-likeness (QED) is 0.199. The zero-order chi connectivity index (χ0) is 32.4. The number of nitrogens with zero attached hydrogens (tertiary/aromatic N) is 2. The van der Waals surface area contributed by atoms with E-state index in [0.717, 1.165) is 32.8 Å². The highest BCUT2D eigenvalue weighted by molar-refractivity contribution is 7.92. The Balaban J connectivity index is 1.63. The average Bonchev–Trinajstić information content (AvgIpc) is 3.02. The minimum Gasteiger partial charge on any atom is -0.489 e. The van der Waals surface area contributed by atoms with Gasteiger partial charge in [-0.25, -0.2) is 8.42 Å². The fourth-order valence-electron chi connectivity index (χ4n) is 4.89. The molecule has 45 heavy (non-hydrogen) atoms. The molecule has 4 aromatic rings. The van der Waals surface area contributed by atoms with Gasteiger partial charge in [0, 0.05) is 19.0 Å². The number of rotatable bonds is 14. The summed E-state index contributed by atoms with van der Waals surface area (Å²) in [5.41, 5.74) is 4.10. The monoisotopic (exact) mass is 627 g/mol. The number of amides is 2. The van der Waals surface area contributed by atoms with E-state index in [4.69, 9.17) is 4.74 Å². The lowest BCUT2D eigenvalue weighted by atomic mass is 10.0. The highest BCUT2D eigenvalue weighted by Gasteiger charge is 2.33. The van der Waals surface area contributed by atoms with Crippen LogP contribution in [0.4, 0.5) is 5.69 Å². The Morgan fingerprint density at radius 1 is 0.778 bits per heavy atom. The number of anilines is 1. The van der Waals surface area contributed by atoms with Crippen molar-refractivity contribution in [3.05, 3.63) is 131 Å². The molecule has 1 atom stereocenters. The van der Waals surface area contributed by atoms with Crippen LogP contribution in [0.15, 0.2) is 109 Å². The topological polar surface area (TPSA) is 96.0 Å². The SMILES string of the molecule is Cc1ccc(CN(C(=O)CN(c2ccc(OCc3ccccc3)cc2)S(C)(=O)=O)C(Cc2ccccc2)C(=O)NC(C)C)cc1. The zero-order valence-electron chi connectivity index (χ0n) is 26.2. The van der Waals surface area contributed by atoms with E-state index in [1.807, 2.05) is 106 Å². The third-order valence-corrected chi connectivity index (χ3v) is 8.37. The van der Waals surface area contributed by atoms with E-state index >= 15 is 0 Å². The van der Waals surface area contributed by atoms with Crippen molar-refractivity contribution in [3.63, 3.8) is 0 Å². The number of ether oxygens (including phenoxy) is 1. The molecular weight excluding hydrogens is 586 g/mol. The van der Waals surface area contributed by atoms with E-state index in [0.29, 0.717) is 18.0 Å². The van der Waals surface area contributed by atoms with E-state index in [9.17, 15) is 18.0 Å². The second kappa shape index (κ2) is 15.4. The fourth-order valence-corrected chi connectivity index (χ4v) is 5.74. The van der Waals surface area contributed by atoms with Gasteiger partial charge in [-0.2, -0.15) is 0 Å². The number of carbonyl (C=O) groups excluding carboxylic acids is 2. The van der Waals surface area contributed by atoms with Gasteiger partial charge in [0.1, 0.15) is 24.9 Å². The highest BCUT2D eigenvalue weighted by atomic mass is 32.2. The van der Waals surface area contributed by atoms with Crippen molar-refractivity contribution in [2.75, 3.05) is 17.1 Å². The molecule has 0 aliphatic rings. The van der Waals surface area contributed by atoms with E-state index in [1.54, 1.807) is 24.3 Å². The molecule has 0 aliphatic heterocycles. The maximum atomic E-state index is 14.2. The normalized spacial score (nSPS) is 11.9. The third kappa shape index (κ3) is 9.94. The van der Waals surface area contributed by atoms with Crippen LogP contribution >= 0.6 is 0 Å². The highest BCUT2D eigenvalue weighted by Crippen LogP contribution is 2.24. The van der Waals surface area contributed by atoms with Gasteiger partial charge in [-0.05, 0) is 61.7 Å². The molecule has 4 aromatic carbocycles. The van der Waals surface area contributed by atoms with E-state index in [2.05, 4.69) is 5.32 Å². The first-order valence-electron chi connectivity index (χ1n) is 14.9. The summed E-state index contributed by atoms with van der Waals surface area (Å²) in [6, 6.07) is 32.5. The van der Waals surface area contributed by atoms with Crippen molar-refractivity contribution < 1.29 is 22.7 Å². The summed E-state index contributed by atoms with van der Waals surface area (Å²) in [4.78, 5) is 29.4. The molecule has 0 radical (unpaired) electrons. The maximum absolute atomic E-state index is 14.2. The van der Waals surface area contributed by atoms with Gasteiger partial charge in [0.05, 0.1) is 11.9 Å². The number of hydrogen-bond donors (Lipinski definition) is 1. The van der Waals surface area contributed by atoms with Crippen molar-refractivity contribution in [1.82, 2.24) is 10.2 Å². The van der Waals surface area contributed by atoms with Crippen LogP contribution in [-0.2, 0) is 39.2 Å². The van der Waals surface area contributed by atoms with Crippen molar-refractivity contribution in [2.45, 2.75) is 52.4 Å². The summed E-state index contributed by atoms with van der Waals surface area (Å²) in [5.74, 6) is -0.234. The van der Waals surface area contributed by atoms with Gasteiger partial charge >= 0.3 is 0 Å². The van der Waals surface area contributed by atoms with Gasteiger partial charge < -0.3 is 15.0 Å². The predicted molar refractivity (Wildman–Crippen MR) is 178 cm³/mol. The van der Waals surface area contributed by atoms with Crippen LogP contribution in [-0.4, -0.2) is 50.0 Å². The molecule has 0 saturated carbocycles. The van der Waals surface area contributed by atoms with Crippen LogP contribution in [0.5, 0.6) is 5.75 Å². The predicted octanol–water partition coefficient (Wildman–Crippen LogP) is 5.50. The number of sulfonamides is 1. The molecule has 1 unspecified atom stereocenters. The van der Waals surface area contributed by atoms with E-state index < -0.39 is 28.5 Å². The molecule has 0 aliphatic carbocycles.